The van der Waals surface area contributed by atoms with E-state index < -0.39 is 0 Å². The number of aromatic nitrogens is 1. The van der Waals surface area contributed by atoms with E-state index in [0.29, 0.717) is 0 Å². The van der Waals surface area contributed by atoms with Gasteiger partial charge in [-0.2, -0.15) is 4.57 Å². The monoisotopic (exact) mass is 360 g/mol. The predicted octanol–water partition coefficient (Wildman–Crippen LogP) is 6.37. The van der Waals surface area contributed by atoms with Crippen molar-refractivity contribution in [1.82, 2.24) is 0 Å². The van der Waals surface area contributed by atoms with Gasteiger partial charge >= 0.3 is 0 Å². The molecule has 1 aromatic heterocycles. The van der Waals surface area contributed by atoms with Crippen molar-refractivity contribution in [3.05, 3.63) is 114 Å². The zero-order chi connectivity index (χ0) is 19.1. The highest BCUT2D eigenvalue weighted by Crippen LogP contribution is 2.41. The van der Waals surface area contributed by atoms with Crippen molar-refractivity contribution in [3.8, 4) is 22.4 Å². The van der Waals surface area contributed by atoms with Crippen molar-refractivity contribution in [2.75, 3.05) is 0 Å². The molecule has 134 valence electrons. The minimum atomic E-state index is 1.22. The molecule has 2 heterocycles. The molecule has 4 aromatic rings. The average Bonchev–Trinajstić information content (AvgIpc) is 2.75. The first-order valence-corrected chi connectivity index (χ1v) is 9.73. The first-order valence-electron chi connectivity index (χ1n) is 9.73. The highest BCUT2D eigenvalue weighted by atomic mass is 15.0. The number of allylic oxidation sites excluding steroid dienone is 1. The van der Waals surface area contributed by atoms with Crippen LogP contribution in [0.2, 0.25) is 0 Å². The van der Waals surface area contributed by atoms with Gasteiger partial charge < -0.3 is 0 Å². The fourth-order valence-electron chi connectivity index (χ4n) is 4.34. The summed E-state index contributed by atoms with van der Waals surface area (Å²) < 4.78 is 2.33. The Balaban J connectivity index is 1.98. The van der Waals surface area contributed by atoms with Gasteiger partial charge in [-0.15, -0.1) is 0 Å². The third kappa shape index (κ3) is 2.51. The van der Waals surface area contributed by atoms with Gasteiger partial charge in [0.1, 0.15) is 0 Å². The highest BCUT2D eigenvalue weighted by Gasteiger charge is 2.28. The molecule has 0 aliphatic carbocycles. The van der Waals surface area contributed by atoms with Crippen LogP contribution in [0.1, 0.15) is 23.6 Å². The highest BCUT2D eigenvalue weighted by molar-refractivity contribution is 5.99. The second kappa shape index (κ2) is 6.61. The van der Waals surface area contributed by atoms with Crippen molar-refractivity contribution < 1.29 is 4.57 Å². The van der Waals surface area contributed by atoms with E-state index in [2.05, 4.69) is 116 Å². The number of rotatable bonds is 1. The zero-order valence-corrected chi connectivity index (χ0v) is 16.2. The molecule has 1 aliphatic heterocycles. The minimum Gasteiger partial charge on any atom is -0.164 e. The lowest BCUT2D eigenvalue weighted by molar-refractivity contribution is -0.569. The third-order valence-electron chi connectivity index (χ3n) is 5.69. The number of hydrogen-bond acceptors (Lipinski definition) is 0. The Morgan fingerprint density at radius 1 is 0.500 bits per heavy atom. The molecule has 1 nitrogen and oxygen atoms in total. The molecule has 0 fully saturated rings. The predicted molar refractivity (Wildman–Crippen MR) is 117 cm³/mol. The van der Waals surface area contributed by atoms with Crippen LogP contribution in [0.4, 0.5) is 0 Å². The topological polar surface area (TPSA) is 3.88 Å². The summed E-state index contributed by atoms with van der Waals surface area (Å²) >= 11 is 0. The Morgan fingerprint density at radius 3 is 1.75 bits per heavy atom. The second-order valence-electron chi connectivity index (χ2n) is 7.32. The van der Waals surface area contributed by atoms with Crippen molar-refractivity contribution >= 4 is 11.3 Å². The summed E-state index contributed by atoms with van der Waals surface area (Å²) in [6, 6.07) is 32.6. The van der Waals surface area contributed by atoms with Gasteiger partial charge in [0.15, 0.2) is 11.9 Å². The summed E-state index contributed by atoms with van der Waals surface area (Å²) in [5.74, 6) is 0. The Bertz CT molecular complexity index is 1230. The molecule has 28 heavy (non-hydrogen) atoms. The van der Waals surface area contributed by atoms with E-state index in [-0.39, 0.29) is 0 Å². The summed E-state index contributed by atoms with van der Waals surface area (Å²) in [7, 11) is 0. The lowest BCUT2D eigenvalue weighted by atomic mass is 9.84. The SMILES string of the molecule is C/C1=C(\c2ccccc2C)c2ccccc2-c2ccccc2-c2cccc[n+]21. The van der Waals surface area contributed by atoms with Gasteiger partial charge in [-0.1, -0.05) is 66.7 Å². The average molecular weight is 360 g/mol. The van der Waals surface area contributed by atoms with Gasteiger partial charge in [0, 0.05) is 19.1 Å². The summed E-state index contributed by atoms with van der Waals surface area (Å²) in [6.45, 7) is 4.43. The number of nitrogens with zero attached hydrogens (tertiary/aromatic N) is 1. The van der Waals surface area contributed by atoms with Crippen LogP contribution in [0.5, 0.6) is 0 Å². The maximum Gasteiger partial charge on any atom is 0.218 e. The van der Waals surface area contributed by atoms with Crippen molar-refractivity contribution in [2.24, 2.45) is 0 Å². The zero-order valence-electron chi connectivity index (χ0n) is 16.2. The van der Waals surface area contributed by atoms with Gasteiger partial charge in [0.05, 0.1) is 11.1 Å². The molecule has 0 saturated heterocycles. The first kappa shape index (κ1) is 16.7. The lowest BCUT2D eigenvalue weighted by Gasteiger charge is -2.21. The van der Waals surface area contributed by atoms with E-state index in [0.717, 1.165) is 0 Å². The van der Waals surface area contributed by atoms with Crippen LogP contribution in [0, 0.1) is 6.92 Å². The molecule has 1 heteroatoms. The molecule has 0 unspecified atom stereocenters. The minimum absolute atomic E-state index is 1.22. The Hall–Kier alpha value is -3.45. The van der Waals surface area contributed by atoms with E-state index >= 15 is 0 Å². The van der Waals surface area contributed by atoms with Gasteiger partial charge in [-0.3, -0.25) is 0 Å². The molecule has 0 bridgehead atoms. The van der Waals surface area contributed by atoms with Crippen LogP contribution in [-0.4, -0.2) is 0 Å². The molecule has 3 aromatic carbocycles. The van der Waals surface area contributed by atoms with Gasteiger partial charge in [-0.05, 0) is 46.9 Å². The summed E-state index contributed by atoms with van der Waals surface area (Å²) in [5.41, 5.74) is 11.4. The Kier molecular flexibility index (Phi) is 3.95. The lowest BCUT2D eigenvalue weighted by Crippen LogP contribution is -2.35. The molecule has 0 spiro atoms. The quantitative estimate of drug-likeness (QED) is 0.347. The molecular formula is C27H22N+. The number of benzene rings is 3. The molecule has 0 amide bonds. The Labute approximate surface area is 166 Å². The van der Waals surface area contributed by atoms with Gasteiger partial charge in [0.25, 0.3) is 0 Å². The summed E-state index contributed by atoms with van der Waals surface area (Å²) in [4.78, 5) is 0. The largest absolute Gasteiger partial charge is 0.218 e. The van der Waals surface area contributed by atoms with Gasteiger partial charge in [-0.25, -0.2) is 0 Å². The first-order chi connectivity index (χ1) is 13.8. The molecule has 0 saturated carbocycles. The van der Waals surface area contributed by atoms with Gasteiger partial charge in [0.2, 0.25) is 5.69 Å². The van der Waals surface area contributed by atoms with Crippen LogP contribution in [0.15, 0.2) is 97.2 Å². The number of pyridine rings is 1. The maximum absolute atomic E-state index is 2.33. The van der Waals surface area contributed by atoms with E-state index in [1.807, 2.05) is 0 Å². The molecule has 0 N–H and O–H groups in total. The maximum atomic E-state index is 2.33. The molecule has 5 rings (SSSR count). The smallest absolute Gasteiger partial charge is 0.164 e. The standard InChI is InChI=1S/C27H22N/c1-19-11-3-4-12-21(19)27-20(2)28-18-10-9-17-26(28)24-15-7-5-13-22(24)23-14-6-8-16-25(23)27/h3-18H,1-2H3/q+1/b23-22?,26-24?,27-20-,27-25?,28-20?. The van der Waals surface area contributed by atoms with E-state index in [1.54, 1.807) is 0 Å². The number of aryl methyl sites for hydroxylation is 1. The second-order valence-corrected chi connectivity index (χ2v) is 7.32. The molecule has 0 atom stereocenters. The third-order valence-corrected chi connectivity index (χ3v) is 5.69. The van der Waals surface area contributed by atoms with E-state index in [4.69, 9.17) is 0 Å². The van der Waals surface area contributed by atoms with Crippen molar-refractivity contribution in [3.63, 3.8) is 0 Å². The van der Waals surface area contributed by atoms with Crippen molar-refractivity contribution in [2.45, 2.75) is 13.8 Å². The van der Waals surface area contributed by atoms with E-state index in [9.17, 15) is 0 Å². The van der Waals surface area contributed by atoms with Crippen LogP contribution in [-0.2, 0) is 0 Å². The molecule has 0 radical (unpaired) electrons. The number of hydrogen-bond donors (Lipinski definition) is 0. The number of fused-ring (bicyclic) bond motifs is 5. The normalized spacial score (nSPS) is 15.1. The summed E-state index contributed by atoms with van der Waals surface area (Å²) in [6.07, 6.45) is 2.17. The van der Waals surface area contributed by atoms with Crippen molar-refractivity contribution in [1.29, 1.82) is 0 Å². The van der Waals surface area contributed by atoms with Crippen LogP contribution < -0.4 is 4.57 Å². The fraction of sp³-hybridized carbons (Fsp3) is 0.0741. The molecule has 1 aliphatic rings. The summed E-state index contributed by atoms with van der Waals surface area (Å²) in [5, 5.41) is 0. The van der Waals surface area contributed by atoms with Crippen LogP contribution in [0.3, 0.4) is 0 Å². The Morgan fingerprint density at radius 2 is 1.04 bits per heavy atom. The molecular weight excluding hydrogens is 338 g/mol. The van der Waals surface area contributed by atoms with Crippen LogP contribution >= 0.6 is 0 Å². The van der Waals surface area contributed by atoms with E-state index in [1.165, 1.54) is 50.3 Å². The van der Waals surface area contributed by atoms with Crippen LogP contribution in [0.25, 0.3) is 33.7 Å². The fourth-order valence-corrected chi connectivity index (χ4v) is 4.34.